The first-order chi connectivity index (χ1) is 8.19. The fraction of sp³-hybridized carbons (Fsp3) is 0.923. The fourth-order valence-corrected chi connectivity index (χ4v) is 2.40. The standard InChI is InChI=1S/C13H26N2O2/c1-3-10(4-2)12(16)9-15-11-7-5-6-8-14-13(11)17/h10-12,15-16H,3-9H2,1-2H3,(H,14,17). The maximum absolute atomic E-state index is 11.7. The van der Waals surface area contributed by atoms with Gasteiger partial charge in [-0.15, -0.1) is 0 Å². The van der Waals surface area contributed by atoms with Gasteiger partial charge in [-0.1, -0.05) is 26.7 Å². The number of hydrogen-bond acceptors (Lipinski definition) is 3. The van der Waals surface area contributed by atoms with Crippen LogP contribution in [0.25, 0.3) is 0 Å². The topological polar surface area (TPSA) is 61.4 Å². The van der Waals surface area contributed by atoms with Crippen molar-refractivity contribution in [3.63, 3.8) is 0 Å². The Kier molecular flexibility index (Phi) is 6.52. The molecule has 100 valence electrons. The molecule has 0 radical (unpaired) electrons. The van der Waals surface area contributed by atoms with Crippen LogP contribution in [0, 0.1) is 5.92 Å². The highest BCUT2D eigenvalue weighted by atomic mass is 16.3. The van der Waals surface area contributed by atoms with Gasteiger partial charge in [0.1, 0.15) is 0 Å². The molecule has 1 fully saturated rings. The molecule has 1 aliphatic heterocycles. The van der Waals surface area contributed by atoms with Crippen LogP contribution in [0.3, 0.4) is 0 Å². The second kappa shape index (κ2) is 7.67. The summed E-state index contributed by atoms with van der Waals surface area (Å²) in [6.07, 6.45) is 4.62. The summed E-state index contributed by atoms with van der Waals surface area (Å²) in [5.74, 6) is 0.413. The van der Waals surface area contributed by atoms with E-state index in [4.69, 9.17) is 0 Å². The second-order valence-electron chi connectivity index (χ2n) is 4.89. The zero-order valence-electron chi connectivity index (χ0n) is 11.0. The molecule has 2 atom stereocenters. The summed E-state index contributed by atoms with van der Waals surface area (Å²) in [4.78, 5) is 11.7. The van der Waals surface area contributed by atoms with Crippen LogP contribution in [0.1, 0.15) is 46.0 Å². The lowest BCUT2D eigenvalue weighted by atomic mass is 9.96. The first-order valence-corrected chi connectivity index (χ1v) is 6.88. The average Bonchev–Trinajstić information content (AvgIpc) is 2.53. The van der Waals surface area contributed by atoms with Gasteiger partial charge in [0.25, 0.3) is 0 Å². The van der Waals surface area contributed by atoms with E-state index in [1.807, 2.05) is 0 Å². The van der Waals surface area contributed by atoms with Crippen molar-refractivity contribution in [2.45, 2.75) is 58.1 Å². The van der Waals surface area contributed by atoms with Gasteiger partial charge in [-0.3, -0.25) is 4.79 Å². The lowest BCUT2D eigenvalue weighted by Crippen LogP contribution is -2.46. The van der Waals surface area contributed by atoms with Gasteiger partial charge >= 0.3 is 0 Å². The maximum Gasteiger partial charge on any atom is 0.237 e. The predicted molar refractivity (Wildman–Crippen MR) is 68.7 cm³/mol. The lowest BCUT2D eigenvalue weighted by molar-refractivity contribution is -0.123. The average molecular weight is 242 g/mol. The van der Waals surface area contributed by atoms with E-state index in [-0.39, 0.29) is 18.1 Å². The Hall–Kier alpha value is -0.610. The first kappa shape index (κ1) is 14.5. The Morgan fingerprint density at radius 1 is 1.41 bits per heavy atom. The SMILES string of the molecule is CCC(CC)C(O)CNC1CCCCNC1=O. The highest BCUT2D eigenvalue weighted by Gasteiger charge is 2.22. The van der Waals surface area contributed by atoms with E-state index in [1.165, 1.54) is 0 Å². The summed E-state index contributed by atoms with van der Waals surface area (Å²) in [6.45, 7) is 5.49. The van der Waals surface area contributed by atoms with Crippen LogP contribution < -0.4 is 10.6 Å². The molecule has 4 heteroatoms. The van der Waals surface area contributed by atoms with Crippen LogP contribution in [0.2, 0.25) is 0 Å². The number of hydrogen-bond donors (Lipinski definition) is 3. The molecule has 17 heavy (non-hydrogen) atoms. The van der Waals surface area contributed by atoms with E-state index in [1.54, 1.807) is 0 Å². The van der Waals surface area contributed by atoms with Crippen molar-refractivity contribution in [2.75, 3.05) is 13.1 Å². The molecular formula is C13H26N2O2. The molecule has 4 nitrogen and oxygen atoms in total. The molecule has 0 aromatic carbocycles. The Balaban J connectivity index is 2.35. The summed E-state index contributed by atoms with van der Waals surface area (Å²) in [6, 6.07) is -0.124. The Morgan fingerprint density at radius 3 is 2.76 bits per heavy atom. The molecule has 3 N–H and O–H groups in total. The molecular weight excluding hydrogens is 216 g/mol. The summed E-state index contributed by atoms with van der Waals surface area (Å²) in [7, 11) is 0. The number of amides is 1. The molecule has 0 spiro atoms. The minimum absolute atomic E-state index is 0.0826. The number of carbonyl (C=O) groups is 1. The van der Waals surface area contributed by atoms with E-state index in [9.17, 15) is 9.90 Å². The van der Waals surface area contributed by atoms with Crippen LogP contribution in [0.5, 0.6) is 0 Å². The Morgan fingerprint density at radius 2 is 2.12 bits per heavy atom. The molecule has 1 saturated heterocycles. The monoisotopic (exact) mass is 242 g/mol. The molecule has 1 heterocycles. The van der Waals surface area contributed by atoms with Gasteiger partial charge in [0.2, 0.25) is 5.91 Å². The fourth-order valence-electron chi connectivity index (χ4n) is 2.40. The molecule has 0 saturated carbocycles. The highest BCUT2D eigenvalue weighted by Crippen LogP contribution is 2.13. The number of nitrogens with one attached hydrogen (secondary N) is 2. The molecule has 0 bridgehead atoms. The zero-order valence-corrected chi connectivity index (χ0v) is 11.0. The third-order valence-corrected chi connectivity index (χ3v) is 3.70. The van der Waals surface area contributed by atoms with Crippen LogP contribution >= 0.6 is 0 Å². The molecule has 1 amide bonds. The lowest BCUT2D eigenvalue weighted by Gasteiger charge is -2.23. The smallest absolute Gasteiger partial charge is 0.237 e. The van der Waals surface area contributed by atoms with Crippen molar-refractivity contribution in [3.05, 3.63) is 0 Å². The Bertz CT molecular complexity index is 229. The van der Waals surface area contributed by atoms with Crippen molar-refractivity contribution >= 4 is 5.91 Å². The number of aliphatic hydroxyl groups excluding tert-OH is 1. The van der Waals surface area contributed by atoms with Crippen molar-refractivity contribution < 1.29 is 9.90 Å². The van der Waals surface area contributed by atoms with Crippen LogP contribution in [0.15, 0.2) is 0 Å². The van der Waals surface area contributed by atoms with E-state index in [0.717, 1.165) is 38.6 Å². The first-order valence-electron chi connectivity index (χ1n) is 6.88. The zero-order chi connectivity index (χ0) is 12.7. The summed E-state index contributed by atoms with van der Waals surface area (Å²) in [5, 5.41) is 16.1. The Labute approximate surface area is 104 Å². The number of aliphatic hydroxyl groups is 1. The van der Waals surface area contributed by atoms with Gasteiger partial charge in [-0.2, -0.15) is 0 Å². The predicted octanol–water partition coefficient (Wildman–Crippen LogP) is 1.04. The van der Waals surface area contributed by atoms with Gasteiger partial charge in [0.05, 0.1) is 12.1 Å². The van der Waals surface area contributed by atoms with Crippen molar-refractivity contribution in [2.24, 2.45) is 5.92 Å². The molecule has 1 rings (SSSR count). The molecule has 2 unspecified atom stereocenters. The van der Waals surface area contributed by atoms with E-state index in [2.05, 4.69) is 24.5 Å². The van der Waals surface area contributed by atoms with Gasteiger partial charge in [-0.25, -0.2) is 0 Å². The van der Waals surface area contributed by atoms with E-state index >= 15 is 0 Å². The maximum atomic E-state index is 11.7. The minimum Gasteiger partial charge on any atom is -0.392 e. The number of carbonyl (C=O) groups excluding carboxylic acids is 1. The normalized spacial score (nSPS) is 23.3. The van der Waals surface area contributed by atoms with E-state index < -0.39 is 0 Å². The molecule has 0 aromatic rings. The second-order valence-corrected chi connectivity index (χ2v) is 4.89. The van der Waals surface area contributed by atoms with Crippen LogP contribution in [-0.2, 0) is 4.79 Å². The number of rotatable bonds is 6. The van der Waals surface area contributed by atoms with Crippen molar-refractivity contribution in [1.82, 2.24) is 10.6 Å². The summed E-state index contributed by atoms with van der Waals surface area (Å²) >= 11 is 0. The molecule has 0 aromatic heterocycles. The third kappa shape index (κ3) is 4.64. The third-order valence-electron chi connectivity index (χ3n) is 3.70. The molecule has 1 aliphatic rings. The van der Waals surface area contributed by atoms with Gasteiger partial charge < -0.3 is 15.7 Å². The summed E-state index contributed by atoms with van der Waals surface area (Å²) < 4.78 is 0. The largest absolute Gasteiger partial charge is 0.392 e. The van der Waals surface area contributed by atoms with Gasteiger partial charge in [0, 0.05) is 13.1 Å². The molecule has 0 aliphatic carbocycles. The quantitative estimate of drug-likeness (QED) is 0.652. The van der Waals surface area contributed by atoms with Crippen molar-refractivity contribution in [1.29, 1.82) is 0 Å². The minimum atomic E-state index is -0.346. The summed E-state index contributed by atoms with van der Waals surface area (Å²) in [5.41, 5.74) is 0. The van der Waals surface area contributed by atoms with E-state index in [0.29, 0.717) is 12.5 Å². The van der Waals surface area contributed by atoms with Crippen LogP contribution in [0.4, 0.5) is 0 Å². The highest BCUT2D eigenvalue weighted by molar-refractivity contribution is 5.81. The van der Waals surface area contributed by atoms with Gasteiger partial charge in [0.15, 0.2) is 0 Å². The van der Waals surface area contributed by atoms with Gasteiger partial charge in [-0.05, 0) is 25.2 Å². The van der Waals surface area contributed by atoms with Crippen molar-refractivity contribution in [3.8, 4) is 0 Å². The van der Waals surface area contributed by atoms with Crippen LogP contribution in [-0.4, -0.2) is 36.2 Å².